The van der Waals surface area contributed by atoms with Crippen LogP contribution in [0.5, 0.6) is 5.75 Å². The second kappa shape index (κ2) is 6.44. The fourth-order valence-corrected chi connectivity index (χ4v) is 4.03. The number of fused-ring (bicyclic) bond motifs is 2. The van der Waals surface area contributed by atoms with E-state index in [1.807, 2.05) is 24.3 Å². The van der Waals surface area contributed by atoms with Gasteiger partial charge in [-0.15, -0.1) is 0 Å². The molecule has 2 saturated heterocycles. The molecule has 0 spiro atoms. The Balaban J connectivity index is 1.47. The lowest BCUT2D eigenvalue weighted by Gasteiger charge is -2.39. The number of piperidine rings is 1. The van der Waals surface area contributed by atoms with Crippen molar-refractivity contribution in [1.29, 1.82) is 0 Å². The van der Waals surface area contributed by atoms with Gasteiger partial charge in [-0.2, -0.15) is 0 Å². The van der Waals surface area contributed by atoms with Gasteiger partial charge in [-0.05, 0) is 49.2 Å². The molecule has 2 aliphatic rings. The zero-order valence-electron chi connectivity index (χ0n) is 13.3. The van der Waals surface area contributed by atoms with Crippen LogP contribution in [0.3, 0.4) is 0 Å². The number of hydrogen-bond donors (Lipinski definition) is 0. The first-order chi connectivity index (χ1) is 11.7. The van der Waals surface area contributed by atoms with E-state index in [0.29, 0.717) is 10.6 Å². The highest BCUT2D eigenvalue weighted by Crippen LogP contribution is 2.38. The summed E-state index contributed by atoms with van der Waals surface area (Å²) < 4.78 is 6.07. The number of amides is 1. The summed E-state index contributed by atoms with van der Waals surface area (Å²) in [6.45, 7) is 0. The smallest absolute Gasteiger partial charge is 0.254 e. The molecule has 0 N–H and O–H groups in total. The number of ether oxygens (including phenoxy) is 1. The summed E-state index contributed by atoms with van der Waals surface area (Å²) in [5, 5.41) is 0.651. The van der Waals surface area contributed by atoms with E-state index in [1.165, 1.54) is 0 Å². The first kappa shape index (κ1) is 15.5. The van der Waals surface area contributed by atoms with E-state index in [4.69, 9.17) is 16.3 Å². The van der Waals surface area contributed by atoms with Gasteiger partial charge in [0.1, 0.15) is 11.9 Å². The third-order valence-corrected chi connectivity index (χ3v) is 5.20. The molecule has 1 aromatic carbocycles. The summed E-state index contributed by atoms with van der Waals surface area (Å²) in [4.78, 5) is 19.0. The zero-order chi connectivity index (χ0) is 16.5. The van der Waals surface area contributed by atoms with Gasteiger partial charge in [0, 0.05) is 41.7 Å². The van der Waals surface area contributed by atoms with Crippen molar-refractivity contribution in [3.8, 4) is 5.75 Å². The van der Waals surface area contributed by atoms with Gasteiger partial charge in [0.05, 0.1) is 6.20 Å². The number of pyridine rings is 1. The van der Waals surface area contributed by atoms with Crippen molar-refractivity contribution < 1.29 is 9.53 Å². The monoisotopic (exact) mass is 342 g/mol. The van der Waals surface area contributed by atoms with Crippen molar-refractivity contribution in [2.24, 2.45) is 0 Å². The molecule has 2 aliphatic heterocycles. The maximum Gasteiger partial charge on any atom is 0.254 e. The lowest BCUT2D eigenvalue weighted by molar-refractivity contribution is 0.0358. The molecular formula is C19H19ClN2O2. The second-order valence-electron chi connectivity index (χ2n) is 6.50. The SMILES string of the molecule is O=C(c1ccc(Cl)cc1)N1C2CCC1CC(Oc1cccnc1)C2. The highest BCUT2D eigenvalue weighted by molar-refractivity contribution is 6.30. The van der Waals surface area contributed by atoms with Crippen LogP contribution in [0.2, 0.25) is 5.02 Å². The Morgan fingerprint density at radius 2 is 1.83 bits per heavy atom. The molecule has 124 valence electrons. The Bertz CT molecular complexity index is 706. The molecule has 0 aliphatic carbocycles. The molecule has 1 aromatic heterocycles. The van der Waals surface area contributed by atoms with Gasteiger partial charge < -0.3 is 9.64 Å². The van der Waals surface area contributed by atoms with E-state index in [2.05, 4.69) is 9.88 Å². The Morgan fingerprint density at radius 3 is 2.46 bits per heavy atom. The Morgan fingerprint density at radius 1 is 1.12 bits per heavy atom. The van der Waals surface area contributed by atoms with E-state index in [1.54, 1.807) is 24.5 Å². The van der Waals surface area contributed by atoms with Crippen LogP contribution in [0.25, 0.3) is 0 Å². The molecule has 2 bridgehead atoms. The normalized spacial score (nSPS) is 25.5. The number of halogens is 1. The number of aromatic nitrogens is 1. The highest BCUT2D eigenvalue weighted by Gasteiger charge is 2.44. The molecule has 2 fully saturated rings. The van der Waals surface area contributed by atoms with Crippen molar-refractivity contribution in [2.45, 2.75) is 43.9 Å². The molecule has 1 amide bonds. The van der Waals surface area contributed by atoms with Crippen molar-refractivity contribution in [2.75, 3.05) is 0 Å². The van der Waals surface area contributed by atoms with Crippen molar-refractivity contribution in [1.82, 2.24) is 9.88 Å². The number of carbonyl (C=O) groups is 1. The Kier molecular flexibility index (Phi) is 4.15. The lowest BCUT2D eigenvalue weighted by Crippen LogP contribution is -2.49. The minimum absolute atomic E-state index is 0.110. The maximum atomic E-state index is 12.9. The van der Waals surface area contributed by atoms with E-state index in [9.17, 15) is 4.79 Å². The average Bonchev–Trinajstić information content (AvgIpc) is 2.87. The van der Waals surface area contributed by atoms with Gasteiger partial charge in [0.15, 0.2) is 0 Å². The summed E-state index contributed by atoms with van der Waals surface area (Å²) in [7, 11) is 0. The summed E-state index contributed by atoms with van der Waals surface area (Å²) >= 11 is 5.92. The number of hydrogen-bond acceptors (Lipinski definition) is 3. The van der Waals surface area contributed by atoms with Crippen LogP contribution < -0.4 is 4.74 Å². The van der Waals surface area contributed by atoms with Crippen molar-refractivity contribution in [3.63, 3.8) is 0 Å². The molecule has 2 unspecified atom stereocenters. The minimum atomic E-state index is 0.110. The minimum Gasteiger partial charge on any atom is -0.489 e. The van der Waals surface area contributed by atoms with Crippen LogP contribution in [0.4, 0.5) is 0 Å². The quantitative estimate of drug-likeness (QED) is 0.848. The molecule has 4 rings (SSSR count). The van der Waals surface area contributed by atoms with Crippen LogP contribution in [0, 0.1) is 0 Å². The second-order valence-corrected chi connectivity index (χ2v) is 6.94. The van der Waals surface area contributed by atoms with Crippen LogP contribution in [-0.2, 0) is 0 Å². The molecule has 3 heterocycles. The Hall–Kier alpha value is -2.07. The first-order valence-electron chi connectivity index (χ1n) is 8.35. The van der Waals surface area contributed by atoms with Gasteiger partial charge in [0.25, 0.3) is 5.91 Å². The molecule has 4 nitrogen and oxygen atoms in total. The topological polar surface area (TPSA) is 42.4 Å². The van der Waals surface area contributed by atoms with Crippen LogP contribution in [-0.4, -0.2) is 34.0 Å². The fourth-order valence-electron chi connectivity index (χ4n) is 3.91. The third-order valence-electron chi connectivity index (χ3n) is 4.95. The molecule has 2 atom stereocenters. The van der Waals surface area contributed by atoms with Crippen molar-refractivity contribution >= 4 is 17.5 Å². The lowest BCUT2D eigenvalue weighted by atomic mass is 9.98. The fraction of sp³-hybridized carbons (Fsp3) is 0.368. The molecular weight excluding hydrogens is 324 g/mol. The van der Waals surface area contributed by atoms with Gasteiger partial charge in [-0.3, -0.25) is 9.78 Å². The summed E-state index contributed by atoms with van der Waals surface area (Å²) in [5.74, 6) is 0.915. The molecule has 24 heavy (non-hydrogen) atoms. The summed E-state index contributed by atoms with van der Waals surface area (Å²) in [5.41, 5.74) is 0.711. The predicted molar refractivity (Wildman–Crippen MR) is 92.3 cm³/mol. The number of benzene rings is 1. The van der Waals surface area contributed by atoms with Crippen LogP contribution in [0.1, 0.15) is 36.0 Å². The molecule has 0 saturated carbocycles. The summed E-state index contributed by atoms with van der Waals surface area (Å²) in [6, 6.07) is 11.5. The largest absolute Gasteiger partial charge is 0.489 e. The highest BCUT2D eigenvalue weighted by atomic mass is 35.5. The number of carbonyl (C=O) groups excluding carboxylic acids is 1. The predicted octanol–water partition coefficient (Wildman–Crippen LogP) is 3.95. The number of rotatable bonds is 3. The maximum absolute atomic E-state index is 12.9. The van der Waals surface area contributed by atoms with Crippen molar-refractivity contribution in [3.05, 3.63) is 59.4 Å². The van der Waals surface area contributed by atoms with Gasteiger partial charge in [-0.25, -0.2) is 0 Å². The van der Waals surface area contributed by atoms with Gasteiger partial charge >= 0.3 is 0 Å². The third kappa shape index (κ3) is 2.98. The van der Waals surface area contributed by atoms with E-state index in [0.717, 1.165) is 31.4 Å². The summed E-state index contributed by atoms with van der Waals surface area (Å²) in [6.07, 6.45) is 7.50. The molecule has 2 aromatic rings. The first-order valence-corrected chi connectivity index (χ1v) is 8.73. The van der Waals surface area contributed by atoms with E-state index < -0.39 is 0 Å². The number of nitrogens with zero attached hydrogens (tertiary/aromatic N) is 2. The Labute approximate surface area is 146 Å². The molecule has 0 radical (unpaired) electrons. The standard InChI is InChI=1S/C19H19ClN2O2/c20-14-5-3-13(4-6-14)19(23)22-15-7-8-16(22)11-18(10-15)24-17-2-1-9-21-12-17/h1-6,9,12,15-16,18H,7-8,10-11H2. The van der Waals surface area contributed by atoms with E-state index >= 15 is 0 Å². The average molecular weight is 343 g/mol. The van der Waals surface area contributed by atoms with Gasteiger partial charge in [-0.1, -0.05) is 11.6 Å². The zero-order valence-corrected chi connectivity index (χ0v) is 14.0. The van der Waals surface area contributed by atoms with Gasteiger partial charge in [0.2, 0.25) is 0 Å². The molecule has 5 heteroatoms. The van der Waals surface area contributed by atoms with Crippen LogP contribution >= 0.6 is 11.6 Å². The van der Waals surface area contributed by atoms with E-state index in [-0.39, 0.29) is 24.1 Å². The van der Waals surface area contributed by atoms with Crippen LogP contribution in [0.15, 0.2) is 48.8 Å².